The van der Waals surface area contributed by atoms with E-state index >= 15 is 0 Å². The summed E-state index contributed by atoms with van der Waals surface area (Å²) in [5.74, 6) is -1.79. The normalized spacial score (nSPS) is 20.2. The first kappa shape index (κ1) is 27.3. The minimum absolute atomic E-state index is 0.174. The third-order valence-electron chi connectivity index (χ3n) is 8.16. The van der Waals surface area contributed by atoms with Gasteiger partial charge < -0.3 is 10.1 Å². The predicted molar refractivity (Wildman–Crippen MR) is 153 cm³/mol. The van der Waals surface area contributed by atoms with E-state index < -0.39 is 18.5 Å². The monoisotopic (exact) mass is 538 g/mol. The van der Waals surface area contributed by atoms with E-state index in [4.69, 9.17) is 4.74 Å². The summed E-state index contributed by atoms with van der Waals surface area (Å²) in [5.41, 5.74) is 4.70. The van der Waals surface area contributed by atoms with Crippen LogP contribution in [0.15, 0.2) is 72.8 Å². The molecule has 0 aromatic heterocycles. The van der Waals surface area contributed by atoms with Crippen LogP contribution in [0.4, 0.5) is 11.4 Å². The number of ether oxygens (including phenoxy) is 1. The van der Waals surface area contributed by atoms with Gasteiger partial charge >= 0.3 is 5.97 Å². The Morgan fingerprint density at radius 3 is 2.12 bits per heavy atom. The Labute approximate surface area is 234 Å². The Kier molecular flexibility index (Phi) is 8.10. The van der Waals surface area contributed by atoms with Crippen LogP contribution < -0.4 is 10.2 Å². The number of amides is 3. The third-order valence-corrected chi connectivity index (χ3v) is 8.16. The fraction of sp³-hybridized carbons (Fsp3) is 0.333. The zero-order valence-corrected chi connectivity index (χ0v) is 22.9. The van der Waals surface area contributed by atoms with Crippen LogP contribution >= 0.6 is 0 Å². The maximum absolute atomic E-state index is 13.3. The fourth-order valence-electron chi connectivity index (χ4n) is 6.00. The molecule has 5 rings (SSSR count). The summed E-state index contributed by atoms with van der Waals surface area (Å²) in [5, 5.41) is 2.88. The molecule has 40 heavy (non-hydrogen) atoms. The molecule has 7 nitrogen and oxygen atoms in total. The highest BCUT2D eigenvalue weighted by Gasteiger charge is 2.50. The molecule has 3 aromatic rings. The van der Waals surface area contributed by atoms with Crippen LogP contribution in [-0.4, -0.2) is 30.3 Å². The SMILES string of the molecule is CCc1cccc(CC)c1NC(=O)COC(=O)c1ccc(N2C(=O)[C@H]3C[C@H](c4ccccc4)CC[C@H]3C2=O)cc1. The zero-order chi connectivity index (χ0) is 28.2. The van der Waals surface area contributed by atoms with Gasteiger partial charge in [-0.05, 0) is 79.0 Å². The lowest BCUT2D eigenvalue weighted by atomic mass is 9.73. The van der Waals surface area contributed by atoms with E-state index in [1.54, 1.807) is 12.1 Å². The number of nitrogens with one attached hydrogen (secondary N) is 1. The summed E-state index contributed by atoms with van der Waals surface area (Å²) in [7, 11) is 0. The number of carbonyl (C=O) groups excluding carboxylic acids is 4. The van der Waals surface area contributed by atoms with Crippen molar-refractivity contribution in [1.29, 1.82) is 0 Å². The number of para-hydroxylation sites is 1. The van der Waals surface area contributed by atoms with Crippen LogP contribution in [0.1, 0.15) is 66.1 Å². The summed E-state index contributed by atoms with van der Waals surface area (Å²) < 4.78 is 5.25. The van der Waals surface area contributed by atoms with Gasteiger partial charge in [0.25, 0.3) is 5.91 Å². The minimum atomic E-state index is -0.653. The molecule has 3 atom stereocenters. The highest BCUT2D eigenvalue weighted by molar-refractivity contribution is 6.22. The molecule has 0 spiro atoms. The number of hydrogen-bond acceptors (Lipinski definition) is 5. The van der Waals surface area contributed by atoms with Gasteiger partial charge in [0.05, 0.1) is 23.1 Å². The Hall–Kier alpha value is -4.26. The number of carbonyl (C=O) groups is 4. The van der Waals surface area contributed by atoms with Crippen LogP contribution in [0, 0.1) is 11.8 Å². The van der Waals surface area contributed by atoms with Crippen molar-refractivity contribution >= 4 is 35.1 Å². The van der Waals surface area contributed by atoms with Crippen LogP contribution in [0.3, 0.4) is 0 Å². The number of nitrogens with zero attached hydrogens (tertiary/aromatic N) is 1. The zero-order valence-electron chi connectivity index (χ0n) is 22.9. The number of imide groups is 1. The number of aryl methyl sites for hydroxylation is 2. The van der Waals surface area contributed by atoms with Crippen molar-refractivity contribution in [3.63, 3.8) is 0 Å². The molecule has 1 saturated carbocycles. The molecule has 1 saturated heterocycles. The van der Waals surface area contributed by atoms with E-state index in [0.717, 1.165) is 36.1 Å². The highest BCUT2D eigenvalue weighted by Crippen LogP contribution is 2.45. The Balaban J connectivity index is 1.20. The van der Waals surface area contributed by atoms with E-state index in [9.17, 15) is 19.2 Å². The van der Waals surface area contributed by atoms with Gasteiger partial charge in [-0.1, -0.05) is 62.4 Å². The van der Waals surface area contributed by atoms with Crippen molar-refractivity contribution in [2.24, 2.45) is 11.8 Å². The van der Waals surface area contributed by atoms with Crippen LogP contribution in [0.25, 0.3) is 0 Å². The molecule has 1 N–H and O–H groups in total. The minimum Gasteiger partial charge on any atom is -0.452 e. The van der Waals surface area contributed by atoms with Gasteiger partial charge in [-0.15, -0.1) is 0 Å². The first-order valence-electron chi connectivity index (χ1n) is 14.0. The van der Waals surface area contributed by atoms with Gasteiger partial charge in [-0.25, -0.2) is 4.79 Å². The summed E-state index contributed by atoms with van der Waals surface area (Å²) in [4.78, 5) is 53.0. The van der Waals surface area contributed by atoms with Crippen LogP contribution in [0.5, 0.6) is 0 Å². The van der Waals surface area contributed by atoms with Gasteiger partial charge in [0, 0.05) is 5.69 Å². The highest BCUT2D eigenvalue weighted by atomic mass is 16.5. The second-order valence-corrected chi connectivity index (χ2v) is 10.5. The molecular formula is C33H34N2O5. The number of rotatable bonds is 8. The molecule has 3 aromatic carbocycles. The largest absolute Gasteiger partial charge is 0.452 e. The Morgan fingerprint density at radius 1 is 0.825 bits per heavy atom. The van der Waals surface area contributed by atoms with E-state index in [1.807, 2.05) is 50.2 Å². The topological polar surface area (TPSA) is 92.8 Å². The van der Waals surface area contributed by atoms with Crippen molar-refractivity contribution in [1.82, 2.24) is 0 Å². The summed E-state index contributed by atoms with van der Waals surface area (Å²) in [6, 6.07) is 22.3. The summed E-state index contributed by atoms with van der Waals surface area (Å²) in [6.07, 6.45) is 3.75. The molecular weight excluding hydrogens is 504 g/mol. The fourth-order valence-corrected chi connectivity index (χ4v) is 6.00. The molecule has 1 aliphatic carbocycles. The van der Waals surface area contributed by atoms with Crippen LogP contribution in [-0.2, 0) is 32.0 Å². The van der Waals surface area contributed by atoms with Gasteiger partial charge in [0.2, 0.25) is 11.8 Å². The lowest BCUT2D eigenvalue weighted by Gasteiger charge is -2.28. The number of fused-ring (bicyclic) bond motifs is 1. The quantitative estimate of drug-likeness (QED) is 0.294. The molecule has 7 heteroatoms. The molecule has 1 aliphatic heterocycles. The maximum Gasteiger partial charge on any atom is 0.338 e. The summed E-state index contributed by atoms with van der Waals surface area (Å²) >= 11 is 0. The van der Waals surface area contributed by atoms with E-state index in [-0.39, 0.29) is 35.1 Å². The lowest BCUT2D eigenvalue weighted by molar-refractivity contribution is -0.122. The smallest absolute Gasteiger partial charge is 0.338 e. The average molecular weight is 539 g/mol. The van der Waals surface area contributed by atoms with Gasteiger partial charge in [-0.3, -0.25) is 19.3 Å². The van der Waals surface area contributed by atoms with Crippen molar-refractivity contribution in [3.8, 4) is 0 Å². The van der Waals surface area contributed by atoms with Crippen molar-refractivity contribution in [2.75, 3.05) is 16.8 Å². The molecule has 0 bridgehead atoms. The summed E-state index contributed by atoms with van der Waals surface area (Å²) in [6.45, 7) is 3.62. The number of benzene rings is 3. The molecule has 1 heterocycles. The third kappa shape index (κ3) is 5.41. The Bertz CT molecular complexity index is 1390. The van der Waals surface area contributed by atoms with E-state index in [1.165, 1.54) is 22.6 Å². The standard InChI is InChI=1S/C33H34N2O5/c1-3-21-11-8-12-22(4-2)30(21)34-29(36)20-40-33(39)24-13-16-26(17-14-24)35-31(37)27-18-15-25(19-28(27)32(35)38)23-9-6-5-7-10-23/h5-14,16-17,25,27-28H,3-4,15,18-20H2,1-2H3,(H,34,36)/t25-,27-,28+/m1/s1. The van der Waals surface area contributed by atoms with Gasteiger partial charge in [-0.2, -0.15) is 0 Å². The van der Waals surface area contributed by atoms with Crippen molar-refractivity contribution < 1.29 is 23.9 Å². The number of esters is 1. The first-order chi connectivity index (χ1) is 19.4. The van der Waals surface area contributed by atoms with E-state index in [0.29, 0.717) is 18.5 Å². The number of anilines is 2. The van der Waals surface area contributed by atoms with Crippen LogP contribution in [0.2, 0.25) is 0 Å². The molecule has 2 aliphatic rings. The molecule has 3 amide bonds. The molecule has 2 fully saturated rings. The molecule has 0 radical (unpaired) electrons. The second-order valence-electron chi connectivity index (χ2n) is 10.5. The predicted octanol–water partition coefficient (Wildman–Crippen LogP) is 5.68. The maximum atomic E-state index is 13.3. The average Bonchev–Trinajstić information content (AvgIpc) is 3.25. The number of hydrogen-bond donors (Lipinski definition) is 1. The first-order valence-corrected chi connectivity index (χ1v) is 14.0. The Morgan fingerprint density at radius 2 is 1.48 bits per heavy atom. The molecule has 206 valence electrons. The lowest BCUT2D eigenvalue weighted by Crippen LogP contribution is -2.30. The van der Waals surface area contributed by atoms with Crippen molar-refractivity contribution in [2.45, 2.75) is 51.9 Å². The second kappa shape index (κ2) is 11.9. The molecule has 0 unspecified atom stereocenters. The van der Waals surface area contributed by atoms with Gasteiger partial charge in [0.15, 0.2) is 6.61 Å². The van der Waals surface area contributed by atoms with Crippen molar-refractivity contribution in [3.05, 3.63) is 95.1 Å². The van der Waals surface area contributed by atoms with Gasteiger partial charge in [0.1, 0.15) is 0 Å². The van der Waals surface area contributed by atoms with E-state index in [2.05, 4.69) is 17.4 Å².